The number of amides is 2. The second-order valence-corrected chi connectivity index (χ2v) is 6.35. The van der Waals surface area contributed by atoms with Gasteiger partial charge in [-0.15, -0.1) is 0 Å². The van der Waals surface area contributed by atoms with Crippen molar-refractivity contribution in [2.75, 3.05) is 0 Å². The Labute approximate surface area is 158 Å². The Morgan fingerprint density at radius 2 is 1.70 bits per heavy atom. The van der Waals surface area contributed by atoms with Crippen LogP contribution >= 0.6 is 0 Å². The molecule has 27 heavy (non-hydrogen) atoms. The maximum absolute atomic E-state index is 12.5. The smallest absolute Gasteiger partial charge is 0.273 e. The van der Waals surface area contributed by atoms with E-state index in [0.29, 0.717) is 12.0 Å². The summed E-state index contributed by atoms with van der Waals surface area (Å²) in [6.45, 7) is 4.02. The molecule has 2 aromatic carbocycles. The Kier molecular flexibility index (Phi) is 7.03. The second-order valence-electron chi connectivity index (χ2n) is 6.35. The average molecular weight is 366 g/mol. The Morgan fingerprint density at radius 3 is 2.26 bits per heavy atom. The summed E-state index contributed by atoms with van der Waals surface area (Å²) < 4.78 is 0. The molecule has 1 aliphatic rings. The molecule has 2 atom stereocenters. The molecule has 1 aliphatic heterocycles. The third kappa shape index (κ3) is 4.90. The zero-order chi connectivity index (χ0) is 19.8. The number of rotatable bonds is 4. The number of hydrogen-bond acceptors (Lipinski definition) is 4. The maximum Gasteiger partial charge on any atom is 0.373 e. The van der Waals surface area contributed by atoms with E-state index in [2.05, 4.69) is 5.43 Å². The molecule has 6 nitrogen and oxygen atoms in total. The standard InChI is InChI=1S/C20H22N2O2.CO2/c1-3-18-17(15-7-5-4-6-8-15)13-19(23)22(18)21-20(24)16-11-9-14(2)10-12-16;2-1-3/h4-12,17-18H,3,13H2,1-2H3,(H,21,24);/t17-,18-;/m0./s1. The molecule has 0 bridgehead atoms. The summed E-state index contributed by atoms with van der Waals surface area (Å²) in [6, 6.07) is 17.4. The summed E-state index contributed by atoms with van der Waals surface area (Å²) in [5, 5.41) is 1.53. The van der Waals surface area contributed by atoms with Crippen LogP contribution in [0.4, 0.5) is 0 Å². The molecular weight excluding hydrogens is 344 g/mol. The fraction of sp³-hybridized carbons (Fsp3) is 0.286. The van der Waals surface area contributed by atoms with Crippen LogP contribution in [0.15, 0.2) is 54.6 Å². The van der Waals surface area contributed by atoms with Gasteiger partial charge < -0.3 is 0 Å². The molecule has 0 saturated carbocycles. The summed E-state index contributed by atoms with van der Waals surface area (Å²) in [5.41, 5.74) is 5.61. The zero-order valence-corrected chi connectivity index (χ0v) is 15.3. The van der Waals surface area contributed by atoms with Gasteiger partial charge >= 0.3 is 6.15 Å². The van der Waals surface area contributed by atoms with Gasteiger partial charge in [0.15, 0.2) is 0 Å². The van der Waals surface area contributed by atoms with Crippen molar-refractivity contribution in [2.24, 2.45) is 0 Å². The molecule has 6 heteroatoms. The largest absolute Gasteiger partial charge is 0.373 e. The first kappa shape index (κ1) is 20.1. The Balaban J connectivity index is 0.000000817. The van der Waals surface area contributed by atoms with E-state index in [9.17, 15) is 9.59 Å². The second kappa shape index (κ2) is 9.46. The summed E-state index contributed by atoms with van der Waals surface area (Å²) in [6.07, 6.45) is 1.47. The van der Waals surface area contributed by atoms with E-state index in [0.717, 1.165) is 17.5 Å². The number of benzene rings is 2. The van der Waals surface area contributed by atoms with Crippen LogP contribution in [0.5, 0.6) is 0 Å². The minimum absolute atomic E-state index is 0.0192. The molecule has 140 valence electrons. The Morgan fingerprint density at radius 1 is 1.11 bits per heavy atom. The van der Waals surface area contributed by atoms with Crippen LogP contribution < -0.4 is 5.43 Å². The first-order valence-corrected chi connectivity index (χ1v) is 8.75. The van der Waals surface area contributed by atoms with Crippen molar-refractivity contribution < 1.29 is 19.2 Å². The molecule has 0 radical (unpaired) electrons. The van der Waals surface area contributed by atoms with Crippen LogP contribution in [0.2, 0.25) is 0 Å². The highest BCUT2D eigenvalue weighted by molar-refractivity contribution is 5.95. The lowest BCUT2D eigenvalue weighted by Crippen LogP contribution is -2.48. The van der Waals surface area contributed by atoms with Gasteiger partial charge in [-0.3, -0.25) is 20.0 Å². The fourth-order valence-electron chi connectivity index (χ4n) is 3.32. The normalized spacial score (nSPS) is 18.3. The van der Waals surface area contributed by atoms with Crippen molar-refractivity contribution in [1.82, 2.24) is 10.4 Å². The van der Waals surface area contributed by atoms with Gasteiger partial charge in [-0.1, -0.05) is 55.0 Å². The highest BCUT2D eigenvalue weighted by Gasteiger charge is 2.40. The van der Waals surface area contributed by atoms with Crippen LogP contribution in [0.3, 0.4) is 0 Å². The predicted octanol–water partition coefficient (Wildman–Crippen LogP) is 2.85. The summed E-state index contributed by atoms with van der Waals surface area (Å²) >= 11 is 0. The Bertz CT molecular complexity index is 812. The lowest BCUT2D eigenvalue weighted by atomic mass is 9.90. The molecule has 1 N–H and O–H groups in total. The number of nitrogens with one attached hydrogen (secondary N) is 1. The quantitative estimate of drug-likeness (QED) is 0.902. The van der Waals surface area contributed by atoms with Gasteiger partial charge in [0, 0.05) is 17.9 Å². The fourth-order valence-corrected chi connectivity index (χ4v) is 3.32. The van der Waals surface area contributed by atoms with Crippen molar-refractivity contribution in [3.8, 4) is 0 Å². The van der Waals surface area contributed by atoms with E-state index in [1.807, 2.05) is 56.3 Å². The summed E-state index contributed by atoms with van der Waals surface area (Å²) in [7, 11) is 0. The number of aryl methyl sites for hydroxylation is 1. The number of carbonyl (C=O) groups excluding carboxylic acids is 4. The van der Waals surface area contributed by atoms with Crippen molar-refractivity contribution in [2.45, 2.75) is 38.6 Å². The molecule has 2 aromatic rings. The van der Waals surface area contributed by atoms with Gasteiger partial charge in [0.25, 0.3) is 5.91 Å². The highest BCUT2D eigenvalue weighted by atomic mass is 16.2. The number of carbonyl (C=O) groups is 2. The summed E-state index contributed by atoms with van der Waals surface area (Å²) in [4.78, 5) is 41.2. The third-order valence-electron chi connectivity index (χ3n) is 4.64. The minimum Gasteiger partial charge on any atom is -0.273 e. The third-order valence-corrected chi connectivity index (χ3v) is 4.64. The monoisotopic (exact) mass is 366 g/mol. The predicted molar refractivity (Wildman–Crippen MR) is 98.4 cm³/mol. The number of nitrogens with zero attached hydrogens (tertiary/aromatic N) is 1. The van der Waals surface area contributed by atoms with Gasteiger partial charge in [-0.05, 0) is 31.0 Å². The van der Waals surface area contributed by atoms with E-state index in [1.165, 1.54) is 5.01 Å². The molecule has 0 aliphatic carbocycles. The topological polar surface area (TPSA) is 83.6 Å². The van der Waals surface area contributed by atoms with Crippen molar-refractivity contribution in [3.63, 3.8) is 0 Å². The van der Waals surface area contributed by atoms with Gasteiger partial charge in [0.2, 0.25) is 5.91 Å². The minimum atomic E-state index is -0.240. The lowest BCUT2D eigenvalue weighted by molar-refractivity contribution is -0.191. The summed E-state index contributed by atoms with van der Waals surface area (Å²) in [5.74, 6) is -0.159. The van der Waals surface area contributed by atoms with Gasteiger partial charge in [0.1, 0.15) is 0 Å². The van der Waals surface area contributed by atoms with E-state index < -0.39 is 0 Å². The molecule has 0 aromatic heterocycles. The van der Waals surface area contributed by atoms with E-state index in [1.54, 1.807) is 12.1 Å². The van der Waals surface area contributed by atoms with Crippen molar-refractivity contribution in [3.05, 3.63) is 71.3 Å². The van der Waals surface area contributed by atoms with Gasteiger partial charge in [-0.25, -0.2) is 0 Å². The molecule has 0 unspecified atom stereocenters. The maximum atomic E-state index is 12.5. The molecule has 2 amide bonds. The Hall–Kier alpha value is -3.24. The first-order chi connectivity index (χ1) is 13.0. The van der Waals surface area contributed by atoms with Crippen LogP contribution in [-0.2, 0) is 14.4 Å². The van der Waals surface area contributed by atoms with Crippen LogP contribution in [0, 0.1) is 6.92 Å². The lowest BCUT2D eigenvalue weighted by Gasteiger charge is -2.27. The van der Waals surface area contributed by atoms with E-state index in [4.69, 9.17) is 9.59 Å². The number of hydrogen-bond donors (Lipinski definition) is 1. The molecule has 3 rings (SSSR count). The molecule has 1 saturated heterocycles. The van der Waals surface area contributed by atoms with Gasteiger partial charge in [-0.2, -0.15) is 9.59 Å². The molecule has 1 heterocycles. The van der Waals surface area contributed by atoms with Crippen LogP contribution in [0.1, 0.15) is 47.2 Å². The van der Waals surface area contributed by atoms with Crippen LogP contribution in [0.25, 0.3) is 0 Å². The number of hydrazine groups is 1. The molecular formula is C21H22N2O4. The first-order valence-electron chi connectivity index (χ1n) is 8.75. The van der Waals surface area contributed by atoms with Crippen molar-refractivity contribution >= 4 is 18.0 Å². The zero-order valence-electron chi connectivity index (χ0n) is 15.3. The molecule has 0 spiro atoms. The molecule has 1 fully saturated rings. The van der Waals surface area contributed by atoms with E-state index >= 15 is 0 Å². The van der Waals surface area contributed by atoms with E-state index in [-0.39, 0.29) is 29.9 Å². The average Bonchev–Trinajstić information content (AvgIpc) is 2.99. The van der Waals surface area contributed by atoms with Crippen molar-refractivity contribution in [1.29, 1.82) is 0 Å². The van der Waals surface area contributed by atoms with Gasteiger partial charge in [0.05, 0.1) is 6.04 Å². The highest BCUT2D eigenvalue weighted by Crippen LogP contribution is 2.35. The van der Waals surface area contributed by atoms with Crippen LogP contribution in [-0.4, -0.2) is 29.0 Å². The SMILES string of the molecule is CC[C@H]1[C@H](c2ccccc2)CC(=O)N1NC(=O)c1ccc(C)cc1.O=C=O.